The van der Waals surface area contributed by atoms with E-state index in [0.717, 1.165) is 18.3 Å². The van der Waals surface area contributed by atoms with Gasteiger partial charge < -0.3 is 38.5 Å². The fraction of sp³-hybridized carbons (Fsp3) is 0. The maximum atomic E-state index is 8.55. The first kappa shape index (κ1) is 37.0. The first-order chi connectivity index (χ1) is 10.0. The van der Waals surface area contributed by atoms with Crippen LogP contribution in [0.2, 0.25) is 0 Å². The molecule has 0 aromatic rings. The molecule has 0 N–H and O–H groups in total. The van der Waals surface area contributed by atoms with Gasteiger partial charge in [-0.3, -0.25) is 0 Å². The van der Waals surface area contributed by atoms with Crippen molar-refractivity contribution in [3.63, 3.8) is 0 Å². The summed E-state index contributed by atoms with van der Waals surface area (Å²) in [7, 11) is -8.96. The largest absolute Gasteiger partial charge is 2.00 e. The van der Waals surface area contributed by atoms with Gasteiger partial charge in [0.15, 0.2) is 0 Å². The summed E-state index contributed by atoms with van der Waals surface area (Å²) in [4.78, 5) is 51.3. The van der Waals surface area contributed by atoms with E-state index in [1.54, 1.807) is 0 Å². The zero-order valence-corrected chi connectivity index (χ0v) is 25.7. The molecule has 2 heterocycles. The normalized spacial score (nSPS) is 12.4. The number of hydrogen-bond acceptors (Lipinski definition) is 8. The quantitative estimate of drug-likeness (QED) is 0.206. The maximum Gasteiger partial charge on any atom is 2.00 e. The average Bonchev–Trinajstić information content (AvgIpc) is 2.40. The van der Waals surface area contributed by atoms with E-state index in [2.05, 4.69) is 47.0 Å². The smallest absolute Gasteiger partial charge is 0.822 e. The van der Waals surface area contributed by atoms with Gasteiger partial charge in [-0.25, -0.2) is 0 Å². The molecule has 2 aliphatic rings. The second-order valence-electron chi connectivity index (χ2n) is 3.05. The Bertz CT molecular complexity index is 428. The molecule has 0 aromatic heterocycles. The minimum atomic E-state index is -5.39. The van der Waals surface area contributed by atoms with E-state index in [1.807, 2.05) is 12.2 Å². The Labute approximate surface area is 188 Å². The van der Waals surface area contributed by atoms with Gasteiger partial charge in [-0.05, 0) is 0 Å². The van der Waals surface area contributed by atoms with Crippen LogP contribution in [0.15, 0.2) is 47.9 Å². The molecule has 15 heteroatoms. The van der Waals surface area contributed by atoms with E-state index in [0.29, 0.717) is 0 Å². The van der Waals surface area contributed by atoms with Crippen molar-refractivity contribution < 1.29 is 96.9 Å². The first-order valence-electron chi connectivity index (χ1n) is 5.28. The minimum absolute atomic E-state index is 0. The summed E-state index contributed by atoms with van der Waals surface area (Å²) in [5.74, 6) is 0. The van der Waals surface area contributed by atoms with Crippen LogP contribution in [0, 0.1) is 0 Å². The molecule has 0 unspecified atom stereocenters. The second-order valence-corrected chi connectivity index (χ2v) is 6.84. The van der Waals surface area contributed by atoms with Crippen LogP contribution in [0.4, 0.5) is 0 Å². The van der Waals surface area contributed by atoms with Crippen molar-refractivity contribution in [3.05, 3.63) is 47.9 Å². The van der Waals surface area contributed by atoms with Crippen LogP contribution in [0.1, 0.15) is 0 Å². The van der Waals surface area contributed by atoms with Gasteiger partial charge in [-0.15, -0.1) is 0 Å². The van der Waals surface area contributed by atoms with E-state index in [9.17, 15) is 0 Å². The summed E-state index contributed by atoms with van der Waals surface area (Å²) in [6.07, 6.45) is 12.3. The van der Waals surface area contributed by atoms with Crippen molar-refractivity contribution in [2.24, 2.45) is 0 Å². The first-order valence-corrected chi connectivity index (χ1v) is 10.5. The van der Waals surface area contributed by atoms with E-state index < -0.39 is 15.6 Å². The van der Waals surface area contributed by atoms with Crippen molar-refractivity contribution in [3.8, 4) is 0 Å². The van der Waals surface area contributed by atoms with Gasteiger partial charge in [0, 0.05) is 0 Å². The Kier molecular flexibility index (Phi) is 34.5. The second kappa shape index (κ2) is 23.3. The van der Waals surface area contributed by atoms with Crippen LogP contribution >= 0.6 is 15.6 Å². The molecular weight excluding hydrogens is 562 g/mol. The Hall–Kier alpha value is 1.22. The third-order valence-corrected chi connectivity index (χ3v) is 2.75. The van der Waals surface area contributed by atoms with Crippen LogP contribution in [-0.4, -0.2) is 29.6 Å². The molecule has 0 aromatic carbocycles. The van der Waals surface area contributed by atoms with Crippen LogP contribution in [0.25, 0.3) is 0 Å². The summed E-state index contributed by atoms with van der Waals surface area (Å²) in [5.41, 5.74) is 8.61. The summed E-state index contributed by atoms with van der Waals surface area (Å²) >= 11 is 0. The molecule has 0 fully saturated rings. The Morgan fingerprint density at radius 1 is 0.520 bits per heavy atom. The summed E-state index contributed by atoms with van der Waals surface area (Å²) in [5, 5.41) is 0. The van der Waals surface area contributed by atoms with Crippen molar-refractivity contribution in [2.75, 3.05) is 0 Å². The number of allylic oxidation sites excluding steroid dienone is 6. The topological polar surface area (TPSA) is 172 Å². The standard InChI is InChI=1S/2C5H5Si.2H3O4P.3Zn/c2*1-2-4-6-5-3-1;2*1-5(2,3)4;;;/h2*1-5H;2*(H3,1,2,3,4);;;/q;;;;3*+2/p-6. The molecule has 0 atom stereocenters. The van der Waals surface area contributed by atoms with E-state index >= 15 is 0 Å². The molecular formula is C10H10O8P2Si2Zn3. The van der Waals surface area contributed by atoms with Crippen LogP contribution in [0.5, 0.6) is 0 Å². The summed E-state index contributed by atoms with van der Waals surface area (Å²) in [6, 6.07) is 0. The van der Waals surface area contributed by atoms with E-state index in [4.69, 9.17) is 38.5 Å². The van der Waals surface area contributed by atoms with Crippen molar-refractivity contribution in [1.82, 2.24) is 0 Å². The monoisotopic (exact) mass is 568 g/mol. The maximum absolute atomic E-state index is 8.55. The molecule has 122 valence electrons. The molecule has 0 saturated carbocycles. The predicted octanol–water partition coefficient (Wildman–Crippen LogP) is -4.50. The van der Waals surface area contributed by atoms with Gasteiger partial charge in [0.25, 0.3) is 0 Å². The number of hydrogen-bond donors (Lipinski definition) is 0. The van der Waals surface area contributed by atoms with Gasteiger partial charge in [0.05, 0.1) is 18.3 Å². The van der Waals surface area contributed by atoms with Crippen LogP contribution in [-0.2, 0) is 67.6 Å². The minimum Gasteiger partial charge on any atom is -0.822 e. The molecule has 2 radical (unpaired) electrons. The Balaban J connectivity index is -0.0000000688. The summed E-state index contributed by atoms with van der Waals surface area (Å²) in [6.45, 7) is 0. The molecule has 0 spiro atoms. The Morgan fingerprint density at radius 3 is 0.800 bits per heavy atom. The van der Waals surface area contributed by atoms with Crippen molar-refractivity contribution >= 4 is 45.3 Å². The van der Waals surface area contributed by atoms with Gasteiger partial charge in [0.1, 0.15) is 0 Å². The fourth-order valence-corrected chi connectivity index (χ4v) is 1.79. The third kappa shape index (κ3) is 77.8. The predicted molar refractivity (Wildman–Crippen MR) is 75.4 cm³/mol. The molecule has 8 nitrogen and oxygen atoms in total. The van der Waals surface area contributed by atoms with Gasteiger partial charge in [-0.1, -0.05) is 59.2 Å². The molecule has 0 amide bonds. The van der Waals surface area contributed by atoms with Crippen molar-refractivity contribution in [2.45, 2.75) is 0 Å². The third-order valence-electron chi connectivity index (χ3n) is 1.21. The van der Waals surface area contributed by atoms with Crippen LogP contribution in [0.3, 0.4) is 0 Å². The zero-order valence-electron chi connectivity index (χ0n) is 13.1. The number of rotatable bonds is 0. The van der Waals surface area contributed by atoms with Gasteiger partial charge in [-0.2, -0.15) is 15.6 Å². The SMILES string of the molecule is C1=CC=[Si]C=C1.C1=CC=[Si]C=C1.O=P([O-])([O-])[O-].O=P([O-])([O-])[O-].[Zn+2].[Zn+2].[Zn+2]. The zero-order chi connectivity index (χ0) is 17.5. The Morgan fingerprint density at radius 2 is 0.760 bits per heavy atom. The van der Waals surface area contributed by atoms with Gasteiger partial charge >= 0.3 is 58.4 Å². The molecule has 25 heavy (non-hydrogen) atoms. The van der Waals surface area contributed by atoms with Crippen molar-refractivity contribution in [1.29, 1.82) is 0 Å². The van der Waals surface area contributed by atoms with E-state index in [-0.39, 0.29) is 58.4 Å². The fourth-order valence-electron chi connectivity index (χ4n) is 0.684. The van der Waals surface area contributed by atoms with Crippen LogP contribution < -0.4 is 29.4 Å². The van der Waals surface area contributed by atoms with Gasteiger partial charge in [0.2, 0.25) is 0 Å². The molecule has 0 aliphatic carbocycles. The number of phosphoric acid groups is 2. The molecule has 0 saturated heterocycles. The molecule has 2 aliphatic heterocycles. The molecule has 0 bridgehead atoms. The van der Waals surface area contributed by atoms with E-state index in [1.165, 1.54) is 0 Å². The summed E-state index contributed by atoms with van der Waals surface area (Å²) < 4.78 is 17.1. The average molecular weight is 572 g/mol. The molecule has 2 rings (SSSR count).